The van der Waals surface area contributed by atoms with E-state index in [1.165, 1.54) is 7.05 Å². The van der Waals surface area contributed by atoms with E-state index in [0.717, 1.165) is 34.4 Å². The number of fused-ring (bicyclic) bond motifs is 1. The second-order valence-corrected chi connectivity index (χ2v) is 6.51. The Hall–Kier alpha value is -2.90. The highest BCUT2D eigenvalue weighted by atomic mass is 16.2. The third-order valence-corrected chi connectivity index (χ3v) is 4.87. The minimum absolute atomic E-state index is 0.0955. The first-order valence-corrected chi connectivity index (χ1v) is 8.38. The standard InChI is InChI=1S/C17H20N6O2/c1-21-13-8-4-3-7-12(13)18-15(21)11-6-5-9-23(10-11)16(24)14-19-17(25)22(2)20-14/h3-4,7-8,11H,5-6,9-10H2,1-2H3,(H,19,20,25). The summed E-state index contributed by atoms with van der Waals surface area (Å²) in [4.78, 5) is 33.2. The molecule has 0 aliphatic carbocycles. The number of likely N-dealkylation sites (tertiary alicyclic amines) is 1. The van der Waals surface area contributed by atoms with E-state index in [9.17, 15) is 9.59 Å². The number of carbonyl (C=O) groups excluding carboxylic acids is 1. The van der Waals surface area contributed by atoms with E-state index in [2.05, 4.69) is 20.7 Å². The van der Waals surface area contributed by atoms with Crippen LogP contribution < -0.4 is 5.69 Å². The summed E-state index contributed by atoms with van der Waals surface area (Å²) < 4.78 is 3.25. The molecule has 1 aromatic carbocycles. The predicted octanol–water partition coefficient (Wildman–Crippen LogP) is 1.01. The molecule has 2 aromatic heterocycles. The van der Waals surface area contributed by atoms with Crippen LogP contribution in [0, 0.1) is 0 Å². The summed E-state index contributed by atoms with van der Waals surface area (Å²) >= 11 is 0. The molecule has 4 rings (SSSR count). The zero-order valence-electron chi connectivity index (χ0n) is 14.3. The van der Waals surface area contributed by atoms with E-state index >= 15 is 0 Å². The normalized spacial score (nSPS) is 18.0. The molecule has 3 aromatic rings. The summed E-state index contributed by atoms with van der Waals surface area (Å²) in [5.41, 5.74) is 1.68. The van der Waals surface area contributed by atoms with Crippen LogP contribution in [0.5, 0.6) is 0 Å². The van der Waals surface area contributed by atoms with Crippen molar-refractivity contribution >= 4 is 16.9 Å². The van der Waals surface area contributed by atoms with Crippen molar-refractivity contribution in [1.29, 1.82) is 0 Å². The van der Waals surface area contributed by atoms with Crippen molar-refractivity contribution < 1.29 is 4.79 Å². The van der Waals surface area contributed by atoms with Gasteiger partial charge in [-0.25, -0.2) is 14.5 Å². The Morgan fingerprint density at radius 2 is 2.08 bits per heavy atom. The van der Waals surface area contributed by atoms with E-state index in [1.54, 1.807) is 4.90 Å². The maximum Gasteiger partial charge on any atom is 0.343 e. The van der Waals surface area contributed by atoms with Gasteiger partial charge in [0.05, 0.1) is 11.0 Å². The topological polar surface area (TPSA) is 88.8 Å². The van der Waals surface area contributed by atoms with Crippen LogP contribution in [-0.4, -0.2) is 48.2 Å². The summed E-state index contributed by atoms with van der Waals surface area (Å²) in [6.45, 7) is 1.24. The number of nitrogens with one attached hydrogen (secondary N) is 1. The minimum atomic E-state index is -0.382. The number of amides is 1. The van der Waals surface area contributed by atoms with Gasteiger partial charge in [-0.15, -0.1) is 5.10 Å². The first-order valence-electron chi connectivity index (χ1n) is 8.38. The summed E-state index contributed by atoms with van der Waals surface area (Å²) in [5.74, 6) is 1.03. The van der Waals surface area contributed by atoms with E-state index < -0.39 is 0 Å². The molecule has 0 bridgehead atoms. The van der Waals surface area contributed by atoms with E-state index in [1.807, 2.05) is 25.2 Å². The van der Waals surface area contributed by atoms with Crippen molar-refractivity contribution in [2.75, 3.05) is 13.1 Å². The van der Waals surface area contributed by atoms with Crippen LogP contribution in [0.2, 0.25) is 0 Å². The average molecular weight is 340 g/mol. The lowest BCUT2D eigenvalue weighted by atomic mass is 9.97. The number of aryl methyl sites for hydroxylation is 2. The third kappa shape index (κ3) is 2.63. The maximum absolute atomic E-state index is 12.7. The maximum atomic E-state index is 12.7. The Bertz CT molecular complexity index is 998. The summed E-state index contributed by atoms with van der Waals surface area (Å²) in [5, 5.41) is 3.97. The highest BCUT2D eigenvalue weighted by Gasteiger charge is 2.29. The molecule has 1 saturated heterocycles. The van der Waals surface area contributed by atoms with Crippen LogP contribution in [0.4, 0.5) is 0 Å². The molecule has 25 heavy (non-hydrogen) atoms. The Labute approximate surface area is 144 Å². The number of H-pyrrole nitrogens is 1. The number of benzene rings is 1. The number of nitrogens with zero attached hydrogens (tertiary/aromatic N) is 5. The highest BCUT2D eigenvalue weighted by Crippen LogP contribution is 2.29. The monoisotopic (exact) mass is 340 g/mol. The second-order valence-electron chi connectivity index (χ2n) is 6.51. The van der Waals surface area contributed by atoms with Gasteiger partial charge in [-0.2, -0.15) is 0 Å². The Balaban J connectivity index is 1.61. The molecule has 8 heteroatoms. The van der Waals surface area contributed by atoms with Gasteiger partial charge in [0.25, 0.3) is 5.91 Å². The zero-order valence-corrected chi connectivity index (χ0v) is 14.3. The molecule has 0 saturated carbocycles. The van der Waals surface area contributed by atoms with Gasteiger partial charge >= 0.3 is 5.69 Å². The zero-order chi connectivity index (χ0) is 17.6. The molecule has 1 atom stereocenters. The predicted molar refractivity (Wildman–Crippen MR) is 92.4 cm³/mol. The number of imidazole rings is 1. The van der Waals surface area contributed by atoms with Gasteiger partial charge < -0.3 is 9.47 Å². The average Bonchev–Trinajstić information content (AvgIpc) is 3.15. The van der Waals surface area contributed by atoms with E-state index in [4.69, 9.17) is 4.98 Å². The summed E-state index contributed by atoms with van der Waals surface area (Å²) in [7, 11) is 3.54. The summed E-state index contributed by atoms with van der Waals surface area (Å²) in [6.07, 6.45) is 1.89. The lowest BCUT2D eigenvalue weighted by molar-refractivity contribution is 0.0691. The van der Waals surface area contributed by atoms with Crippen LogP contribution in [-0.2, 0) is 14.1 Å². The van der Waals surface area contributed by atoms with Crippen LogP contribution >= 0.6 is 0 Å². The SMILES string of the molecule is Cn1nc(C(=O)N2CCCC(c3nc4ccccc4n3C)C2)[nH]c1=O. The molecular weight excluding hydrogens is 320 g/mol. The van der Waals surface area contributed by atoms with Crippen molar-refractivity contribution in [2.45, 2.75) is 18.8 Å². The van der Waals surface area contributed by atoms with Crippen molar-refractivity contribution in [2.24, 2.45) is 14.1 Å². The highest BCUT2D eigenvalue weighted by molar-refractivity contribution is 5.90. The molecule has 1 amide bonds. The van der Waals surface area contributed by atoms with Gasteiger partial charge in [0.1, 0.15) is 5.82 Å². The van der Waals surface area contributed by atoms with Crippen molar-refractivity contribution in [3.05, 3.63) is 46.4 Å². The lowest BCUT2D eigenvalue weighted by Crippen LogP contribution is -2.40. The van der Waals surface area contributed by atoms with Crippen LogP contribution in [0.3, 0.4) is 0 Å². The van der Waals surface area contributed by atoms with Crippen LogP contribution in [0.1, 0.15) is 35.2 Å². The van der Waals surface area contributed by atoms with Crippen molar-refractivity contribution in [3.8, 4) is 0 Å². The first-order chi connectivity index (χ1) is 12.0. The van der Waals surface area contributed by atoms with Crippen molar-refractivity contribution in [3.63, 3.8) is 0 Å². The molecule has 0 radical (unpaired) electrons. The molecule has 1 aliphatic heterocycles. The molecule has 1 aliphatic rings. The molecule has 1 unspecified atom stereocenters. The minimum Gasteiger partial charge on any atom is -0.335 e. The Morgan fingerprint density at radius 3 is 2.80 bits per heavy atom. The number of aromatic nitrogens is 5. The smallest absolute Gasteiger partial charge is 0.335 e. The van der Waals surface area contributed by atoms with Crippen LogP contribution in [0.15, 0.2) is 29.1 Å². The second kappa shape index (κ2) is 5.87. The number of aromatic amines is 1. The number of hydrogen-bond acceptors (Lipinski definition) is 4. The van der Waals surface area contributed by atoms with Crippen LogP contribution in [0.25, 0.3) is 11.0 Å². The van der Waals surface area contributed by atoms with Gasteiger partial charge in [-0.1, -0.05) is 12.1 Å². The lowest BCUT2D eigenvalue weighted by Gasteiger charge is -2.31. The fourth-order valence-electron chi connectivity index (χ4n) is 3.55. The number of carbonyl (C=O) groups is 1. The summed E-state index contributed by atoms with van der Waals surface area (Å²) in [6, 6.07) is 8.04. The first kappa shape index (κ1) is 15.6. The van der Waals surface area contributed by atoms with Crippen molar-refractivity contribution in [1.82, 2.24) is 29.2 Å². The molecule has 1 fully saturated rings. The van der Waals surface area contributed by atoms with Gasteiger partial charge in [-0.05, 0) is 25.0 Å². The molecule has 8 nitrogen and oxygen atoms in total. The number of rotatable bonds is 2. The van der Waals surface area contributed by atoms with Gasteiger partial charge in [-0.3, -0.25) is 9.78 Å². The number of para-hydroxylation sites is 2. The molecule has 1 N–H and O–H groups in total. The van der Waals surface area contributed by atoms with Gasteiger partial charge in [0.15, 0.2) is 0 Å². The fourth-order valence-corrected chi connectivity index (χ4v) is 3.55. The molecular formula is C17H20N6O2. The van der Waals surface area contributed by atoms with Gasteiger partial charge in [0.2, 0.25) is 5.82 Å². The molecule has 3 heterocycles. The quantitative estimate of drug-likeness (QED) is 0.754. The Morgan fingerprint density at radius 1 is 1.28 bits per heavy atom. The van der Waals surface area contributed by atoms with Gasteiger partial charge in [0, 0.05) is 33.1 Å². The van der Waals surface area contributed by atoms with E-state index in [-0.39, 0.29) is 23.3 Å². The third-order valence-electron chi connectivity index (χ3n) is 4.87. The fraction of sp³-hybridized carbons (Fsp3) is 0.412. The molecule has 0 spiro atoms. The van der Waals surface area contributed by atoms with E-state index in [0.29, 0.717) is 13.1 Å². The number of hydrogen-bond donors (Lipinski definition) is 1. The number of piperidine rings is 1. The molecule has 130 valence electrons. The Kier molecular flexibility index (Phi) is 3.67. The largest absolute Gasteiger partial charge is 0.343 e.